The molecule has 2 rings (SSSR count). The maximum Gasteiger partial charge on any atom is 0.188 e. The van der Waals surface area contributed by atoms with E-state index in [9.17, 15) is 0 Å². The van der Waals surface area contributed by atoms with Crippen molar-refractivity contribution >= 4 is 11.3 Å². The quantitative estimate of drug-likeness (QED) is 0.702. The zero-order valence-electron chi connectivity index (χ0n) is 12.4. The van der Waals surface area contributed by atoms with Crippen molar-refractivity contribution in [1.82, 2.24) is 19.9 Å². The van der Waals surface area contributed by atoms with Gasteiger partial charge in [-0.05, 0) is 6.07 Å². The highest BCUT2D eigenvalue weighted by atomic mass is 32.1. The van der Waals surface area contributed by atoms with Crippen LogP contribution in [-0.4, -0.2) is 60.4 Å². The Morgan fingerprint density at radius 3 is 2.38 bits per heavy atom. The molecule has 0 atom stereocenters. The minimum Gasteiger partial charge on any atom is -0.383 e. The molecule has 0 N–H and O–H groups in total. The molecule has 0 amide bonds. The topological polar surface area (TPSA) is 60.4 Å². The van der Waals surface area contributed by atoms with Crippen LogP contribution in [0.25, 0.3) is 10.8 Å². The Bertz CT molecular complexity index is 513. The summed E-state index contributed by atoms with van der Waals surface area (Å²) >= 11 is 1.57. The van der Waals surface area contributed by atoms with Crippen LogP contribution < -0.4 is 0 Å². The van der Waals surface area contributed by atoms with Crippen LogP contribution in [0.4, 0.5) is 0 Å². The van der Waals surface area contributed by atoms with Crippen LogP contribution in [0.2, 0.25) is 0 Å². The second-order valence-corrected chi connectivity index (χ2v) is 5.34. The summed E-state index contributed by atoms with van der Waals surface area (Å²) in [6.45, 7) is 3.88. The van der Waals surface area contributed by atoms with Gasteiger partial charge in [0.05, 0.1) is 18.9 Å². The van der Waals surface area contributed by atoms with E-state index >= 15 is 0 Å². The van der Waals surface area contributed by atoms with Gasteiger partial charge < -0.3 is 9.47 Å². The van der Waals surface area contributed by atoms with Gasteiger partial charge in [0.15, 0.2) is 10.8 Å². The summed E-state index contributed by atoms with van der Waals surface area (Å²) in [5.74, 6) is 0.675. The first-order valence-electron chi connectivity index (χ1n) is 6.75. The predicted molar refractivity (Wildman–Crippen MR) is 82.2 cm³/mol. The smallest absolute Gasteiger partial charge is 0.188 e. The zero-order valence-corrected chi connectivity index (χ0v) is 13.2. The summed E-state index contributed by atoms with van der Waals surface area (Å²) < 4.78 is 10.3. The number of rotatable bonds is 9. The van der Waals surface area contributed by atoms with Crippen molar-refractivity contribution in [2.24, 2.45) is 0 Å². The van der Waals surface area contributed by atoms with Gasteiger partial charge in [-0.15, -0.1) is 11.3 Å². The van der Waals surface area contributed by atoms with Crippen molar-refractivity contribution in [3.05, 3.63) is 29.5 Å². The SMILES string of the molecule is COCCN(CCOC)Cc1csc(-c2ncccn2)n1. The molecule has 2 aromatic heterocycles. The molecule has 0 spiro atoms. The van der Waals surface area contributed by atoms with Gasteiger partial charge in [0.1, 0.15) is 0 Å². The monoisotopic (exact) mass is 308 g/mol. The second kappa shape index (κ2) is 8.78. The molecule has 0 unspecified atom stereocenters. The van der Waals surface area contributed by atoms with E-state index < -0.39 is 0 Å². The highest BCUT2D eigenvalue weighted by Gasteiger charge is 2.11. The Labute approximate surface area is 128 Å². The number of methoxy groups -OCH3 is 2. The molecule has 0 fully saturated rings. The third-order valence-corrected chi connectivity index (χ3v) is 3.80. The van der Waals surface area contributed by atoms with Gasteiger partial charge in [0.25, 0.3) is 0 Å². The normalized spacial score (nSPS) is 11.2. The first-order valence-corrected chi connectivity index (χ1v) is 7.63. The largest absolute Gasteiger partial charge is 0.383 e. The molecule has 0 aliphatic heterocycles. The standard InChI is InChI=1S/C14H20N4O2S/c1-19-8-6-18(7-9-20-2)10-12-11-21-14(17-12)13-15-4-3-5-16-13/h3-5,11H,6-10H2,1-2H3. The fourth-order valence-electron chi connectivity index (χ4n) is 1.83. The highest BCUT2D eigenvalue weighted by Crippen LogP contribution is 2.20. The van der Waals surface area contributed by atoms with E-state index in [1.807, 2.05) is 0 Å². The minimum atomic E-state index is 0.675. The Balaban J connectivity index is 1.98. The third-order valence-electron chi connectivity index (χ3n) is 2.92. The van der Waals surface area contributed by atoms with E-state index in [2.05, 4.69) is 25.2 Å². The highest BCUT2D eigenvalue weighted by molar-refractivity contribution is 7.13. The van der Waals surface area contributed by atoms with Crippen molar-refractivity contribution in [2.75, 3.05) is 40.5 Å². The molecule has 0 saturated carbocycles. The fraction of sp³-hybridized carbons (Fsp3) is 0.500. The van der Waals surface area contributed by atoms with Crippen LogP contribution >= 0.6 is 11.3 Å². The molecule has 0 radical (unpaired) electrons. The van der Waals surface area contributed by atoms with Crippen molar-refractivity contribution in [1.29, 1.82) is 0 Å². The summed E-state index contributed by atoms with van der Waals surface area (Å²) in [4.78, 5) is 15.3. The van der Waals surface area contributed by atoms with Gasteiger partial charge in [-0.2, -0.15) is 0 Å². The van der Waals surface area contributed by atoms with Crippen LogP contribution in [0.5, 0.6) is 0 Å². The fourth-order valence-corrected chi connectivity index (χ4v) is 2.59. The lowest BCUT2D eigenvalue weighted by molar-refractivity contribution is 0.109. The Morgan fingerprint density at radius 2 is 1.76 bits per heavy atom. The van der Waals surface area contributed by atoms with Crippen LogP contribution in [0.15, 0.2) is 23.8 Å². The summed E-state index contributed by atoms with van der Waals surface area (Å²) in [6, 6.07) is 1.80. The molecule has 7 heteroatoms. The van der Waals surface area contributed by atoms with Crippen molar-refractivity contribution in [3.8, 4) is 10.8 Å². The molecule has 2 aromatic rings. The second-order valence-electron chi connectivity index (χ2n) is 4.48. The van der Waals surface area contributed by atoms with Gasteiger partial charge in [-0.1, -0.05) is 0 Å². The van der Waals surface area contributed by atoms with Crippen LogP contribution in [0, 0.1) is 0 Å². The molecule has 114 valence electrons. The molecular formula is C14H20N4O2S. The first-order chi connectivity index (χ1) is 10.3. The number of hydrogen-bond acceptors (Lipinski definition) is 7. The Kier molecular flexibility index (Phi) is 6.68. The lowest BCUT2D eigenvalue weighted by Crippen LogP contribution is -2.30. The van der Waals surface area contributed by atoms with Gasteiger partial charge in [-0.25, -0.2) is 15.0 Å². The van der Waals surface area contributed by atoms with Gasteiger partial charge >= 0.3 is 0 Å². The molecule has 6 nitrogen and oxygen atoms in total. The van der Waals surface area contributed by atoms with Crippen LogP contribution in [0.1, 0.15) is 5.69 Å². The molecule has 0 aromatic carbocycles. The third kappa shape index (κ3) is 5.13. The average molecular weight is 308 g/mol. The number of thiazole rings is 1. The minimum absolute atomic E-state index is 0.675. The number of nitrogens with zero attached hydrogens (tertiary/aromatic N) is 4. The Hall–Kier alpha value is -1.41. The van der Waals surface area contributed by atoms with E-state index in [1.54, 1.807) is 44.0 Å². The van der Waals surface area contributed by atoms with Crippen LogP contribution in [-0.2, 0) is 16.0 Å². The molecule has 0 saturated heterocycles. The van der Waals surface area contributed by atoms with Crippen molar-refractivity contribution in [2.45, 2.75) is 6.54 Å². The van der Waals surface area contributed by atoms with Crippen LogP contribution in [0.3, 0.4) is 0 Å². The molecule has 0 bridgehead atoms. The maximum absolute atomic E-state index is 5.14. The molecule has 0 aliphatic carbocycles. The maximum atomic E-state index is 5.14. The lowest BCUT2D eigenvalue weighted by Gasteiger charge is -2.20. The first kappa shape index (κ1) is 16.0. The summed E-state index contributed by atoms with van der Waals surface area (Å²) in [5.41, 5.74) is 1.02. The summed E-state index contributed by atoms with van der Waals surface area (Å²) in [5, 5.41) is 2.90. The van der Waals surface area contributed by atoms with E-state index in [-0.39, 0.29) is 0 Å². The number of ether oxygens (including phenoxy) is 2. The van der Waals surface area contributed by atoms with E-state index in [0.29, 0.717) is 19.0 Å². The molecular weight excluding hydrogens is 288 g/mol. The van der Waals surface area contributed by atoms with Crippen molar-refractivity contribution < 1.29 is 9.47 Å². The van der Waals surface area contributed by atoms with Gasteiger partial charge in [0, 0.05) is 51.6 Å². The Morgan fingerprint density at radius 1 is 1.10 bits per heavy atom. The van der Waals surface area contributed by atoms with E-state index in [0.717, 1.165) is 30.3 Å². The van der Waals surface area contributed by atoms with Gasteiger partial charge in [0.2, 0.25) is 0 Å². The number of hydrogen-bond donors (Lipinski definition) is 0. The predicted octanol–water partition coefficient (Wildman–Crippen LogP) is 1.69. The number of aromatic nitrogens is 3. The lowest BCUT2D eigenvalue weighted by atomic mass is 10.4. The van der Waals surface area contributed by atoms with Crippen molar-refractivity contribution in [3.63, 3.8) is 0 Å². The van der Waals surface area contributed by atoms with E-state index in [4.69, 9.17) is 9.47 Å². The zero-order chi connectivity index (χ0) is 14.9. The molecule has 21 heavy (non-hydrogen) atoms. The van der Waals surface area contributed by atoms with E-state index in [1.165, 1.54) is 0 Å². The van der Waals surface area contributed by atoms with Gasteiger partial charge in [-0.3, -0.25) is 4.90 Å². The summed E-state index contributed by atoms with van der Waals surface area (Å²) in [6.07, 6.45) is 3.46. The molecule has 0 aliphatic rings. The summed E-state index contributed by atoms with van der Waals surface area (Å²) in [7, 11) is 3.42. The average Bonchev–Trinajstić information content (AvgIpc) is 2.99. The molecule has 2 heterocycles.